The maximum atomic E-state index is 12.9. The molecule has 2 amide bonds. The molecule has 1 aliphatic heterocycles. The Bertz CT molecular complexity index is 837. The molecule has 1 aromatic carbocycles. The number of methoxy groups -OCH3 is 2. The number of hydrazone groups is 1. The smallest absolute Gasteiger partial charge is 0.254 e. The topological polar surface area (TPSA) is 68.2 Å². The quantitative estimate of drug-likeness (QED) is 0.473. The number of nitrogens with zero attached hydrogens (tertiary/aromatic N) is 2. The predicted molar refractivity (Wildman–Crippen MR) is 93.8 cm³/mol. The lowest BCUT2D eigenvalue weighted by Gasteiger charge is -2.18. The molecular weight excluding hydrogens is 332 g/mol. The van der Waals surface area contributed by atoms with Crippen LogP contribution in [0.2, 0.25) is 0 Å². The first-order valence-electron chi connectivity index (χ1n) is 8.93. The Hall–Kier alpha value is -2.63. The van der Waals surface area contributed by atoms with Crippen molar-refractivity contribution in [2.24, 2.45) is 34.2 Å². The zero-order valence-corrected chi connectivity index (χ0v) is 14.7. The van der Waals surface area contributed by atoms with E-state index in [1.165, 1.54) is 6.21 Å². The van der Waals surface area contributed by atoms with Crippen LogP contribution in [0.25, 0.3) is 0 Å². The summed E-state index contributed by atoms with van der Waals surface area (Å²) >= 11 is 0. The molecule has 4 aliphatic rings. The van der Waals surface area contributed by atoms with E-state index in [4.69, 9.17) is 9.47 Å². The lowest BCUT2D eigenvalue weighted by Crippen LogP contribution is -2.30. The van der Waals surface area contributed by atoms with Crippen LogP contribution in [-0.2, 0) is 9.59 Å². The van der Waals surface area contributed by atoms with E-state index in [0.717, 1.165) is 17.9 Å². The normalized spacial score (nSPS) is 32.8. The van der Waals surface area contributed by atoms with E-state index >= 15 is 0 Å². The molecule has 3 fully saturated rings. The van der Waals surface area contributed by atoms with Gasteiger partial charge in [0.1, 0.15) is 11.5 Å². The first-order chi connectivity index (χ1) is 12.6. The highest BCUT2D eigenvalue weighted by Crippen LogP contribution is 2.73. The summed E-state index contributed by atoms with van der Waals surface area (Å²) in [4.78, 5) is 25.8. The Morgan fingerprint density at radius 2 is 1.73 bits per heavy atom. The highest BCUT2D eigenvalue weighted by molar-refractivity contribution is 6.07. The molecule has 1 spiro atoms. The third kappa shape index (κ3) is 1.84. The highest BCUT2D eigenvalue weighted by Gasteiger charge is 2.73. The third-order valence-corrected chi connectivity index (χ3v) is 6.58. The van der Waals surface area contributed by atoms with Gasteiger partial charge in [0.25, 0.3) is 11.8 Å². The number of hydrogen-bond acceptors (Lipinski definition) is 5. The van der Waals surface area contributed by atoms with Crippen molar-refractivity contribution in [3.63, 3.8) is 0 Å². The molecule has 6 nitrogen and oxygen atoms in total. The van der Waals surface area contributed by atoms with E-state index in [1.54, 1.807) is 32.4 Å². The fourth-order valence-electron chi connectivity index (χ4n) is 5.24. The van der Waals surface area contributed by atoms with Crippen LogP contribution >= 0.6 is 0 Å². The van der Waals surface area contributed by atoms with Crippen LogP contribution in [0.5, 0.6) is 11.5 Å². The number of hydrogen-bond donors (Lipinski definition) is 0. The monoisotopic (exact) mass is 352 g/mol. The van der Waals surface area contributed by atoms with Gasteiger partial charge in [0.15, 0.2) is 0 Å². The number of benzene rings is 1. The average Bonchev–Trinajstić information content (AvgIpc) is 3.26. The second-order valence-corrected chi connectivity index (χ2v) is 7.56. The van der Waals surface area contributed by atoms with Crippen LogP contribution in [0.1, 0.15) is 18.4 Å². The van der Waals surface area contributed by atoms with E-state index in [9.17, 15) is 9.59 Å². The van der Waals surface area contributed by atoms with Crippen molar-refractivity contribution < 1.29 is 19.1 Å². The Kier molecular flexibility index (Phi) is 3.12. The van der Waals surface area contributed by atoms with Crippen molar-refractivity contribution in [1.29, 1.82) is 0 Å². The summed E-state index contributed by atoms with van der Waals surface area (Å²) in [6.45, 7) is 0. The van der Waals surface area contributed by atoms with E-state index < -0.39 is 0 Å². The first kappa shape index (κ1) is 15.6. The summed E-state index contributed by atoms with van der Waals surface area (Å²) in [5.74, 6) is 0.880. The number of allylic oxidation sites excluding steroid dienone is 2. The van der Waals surface area contributed by atoms with Crippen molar-refractivity contribution in [3.05, 3.63) is 35.9 Å². The van der Waals surface area contributed by atoms with Gasteiger partial charge in [-0.15, -0.1) is 0 Å². The molecule has 0 N–H and O–H groups in total. The fraction of sp³-hybridized carbons (Fsp3) is 0.450. The van der Waals surface area contributed by atoms with E-state index in [-0.39, 0.29) is 40.9 Å². The molecule has 2 bridgehead atoms. The number of rotatable bonds is 4. The summed E-state index contributed by atoms with van der Waals surface area (Å²) in [7, 11) is 3.14. The van der Waals surface area contributed by atoms with Gasteiger partial charge in [-0.25, -0.2) is 0 Å². The molecule has 0 unspecified atom stereocenters. The average molecular weight is 352 g/mol. The number of imide groups is 1. The van der Waals surface area contributed by atoms with Crippen LogP contribution < -0.4 is 9.47 Å². The van der Waals surface area contributed by atoms with Crippen LogP contribution in [0.4, 0.5) is 0 Å². The molecule has 4 atom stereocenters. The van der Waals surface area contributed by atoms with Gasteiger partial charge in [0.05, 0.1) is 32.3 Å². The van der Waals surface area contributed by atoms with Crippen LogP contribution in [0.15, 0.2) is 35.5 Å². The summed E-state index contributed by atoms with van der Waals surface area (Å²) in [6, 6.07) is 5.31. The molecule has 26 heavy (non-hydrogen) atoms. The second-order valence-electron chi connectivity index (χ2n) is 7.56. The minimum Gasteiger partial charge on any atom is -0.497 e. The van der Waals surface area contributed by atoms with Crippen molar-refractivity contribution in [2.75, 3.05) is 14.2 Å². The number of carbonyl (C=O) groups is 2. The molecule has 0 aromatic heterocycles. The first-order valence-corrected chi connectivity index (χ1v) is 8.93. The molecule has 5 rings (SSSR count). The summed E-state index contributed by atoms with van der Waals surface area (Å²) in [5.41, 5.74) is 0.858. The van der Waals surface area contributed by atoms with Gasteiger partial charge in [0.2, 0.25) is 0 Å². The third-order valence-electron chi connectivity index (χ3n) is 6.58. The highest BCUT2D eigenvalue weighted by atomic mass is 16.5. The van der Waals surface area contributed by atoms with Gasteiger partial charge in [0, 0.05) is 5.56 Å². The summed E-state index contributed by atoms with van der Waals surface area (Å²) < 4.78 is 10.5. The van der Waals surface area contributed by atoms with E-state index in [1.807, 2.05) is 0 Å². The molecule has 2 saturated carbocycles. The Morgan fingerprint density at radius 3 is 2.27 bits per heavy atom. The molecule has 6 heteroatoms. The van der Waals surface area contributed by atoms with E-state index in [2.05, 4.69) is 17.3 Å². The van der Waals surface area contributed by atoms with Crippen LogP contribution in [-0.4, -0.2) is 37.3 Å². The van der Waals surface area contributed by atoms with Gasteiger partial charge in [-0.1, -0.05) is 12.2 Å². The zero-order valence-electron chi connectivity index (χ0n) is 14.7. The largest absolute Gasteiger partial charge is 0.497 e. The number of amides is 2. The molecule has 134 valence electrons. The number of ether oxygens (including phenoxy) is 2. The maximum absolute atomic E-state index is 12.9. The summed E-state index contributed by atoms with van der Waals surface area (Å²) in [5, 5.41) is 5.30. The van der Waals surface area contributed by atoms with Gasteiger partial charge in [-0.3, -0.25) is 9.59 Å². The van der Waals surface area contributed by atoms with Crippen molar-refractivity contribution in [2.45, 2.75) is 12.8 Å². The SMILES string of the molecule is COc1ccc(OC)c(/C=N\N2C(=O)[C@@H]3[C@H](C2=O)[C@H]2C=C[C@H]3C23CC3)c1. The Balaban J connectivity index is 1.44. The minimum absolute atomic E-state index is 0.166. The molecule has 1 aromatic rings. The Labute approximate surface area is 151 Å². The summed E-state index contributed by atoms with van der Waals surface area (Å²) in [6.07, 6.45) is 8.07. The molecule has 0 radical (unpaired) electrons. The van der Waals surface area contributed by atoms with Crippen molar-refractivity contribution in [3.8, 4) is 11.5 Å². The van der Waals surface area contributed by atoms with Crippen molar-refractivity contribution >= 4 is 18.0 Å². The maximum Gasteiger partial charge on any atom is 0.254 e. The van der Waals surface area contributed by atoms with Gasteiger partial charge < -0.3 is 9.47 Å². The van der Waals surface area contributed by atoms with Gasteiger partial charge in [-0.2, -0.15) is 10.1 Å². The molecule has 1 heterocycles. The lowest BCUT2D eigenvalue weighted by atomic mass is 9.85. The fourth-order valence-corrected chi connectivity index (χ4v) is 5.24. The van der Waals surface area contributed by atoms with Crippen molar-refractivity contribution in [1.82, 2.24) is 5.01 Å². The molecule has 3 aliphatic carbocycles. The molecular formula is C20H20N2O4. The van der Waals surface area contributed by atoms with E-state index in [0.29, 0.717) is 17.1 Å². The standard InChI is InChI=1S/C20H20N2O4/c1-25-12-3-6-15(26-2)11(9-12)10-21-22-18(23)16-13-4-5-14(17(16)19(22)24)20(13)7-8-20/h3-6,9-10,13-14,16-17H,7-8H2,1-2H3/b21-10-/t13-,14-,16-,17+/m1/s1. The minimum atomic E-state index is -0.232. The Morgan fingerprint density at radius 1 is 1.08 bits per heavy atom. The lowest BCUT2D eigenvalue weighted by molar-refractivity contribution is -0.141. The van der Waals surface area contributed by atoms with Gasteiger partial charge in [-0.05, 0) is 48.3 Å². The number of carbonyl (C=O) groups excluding carboxylic acids is 2. The number of fused-ring (bicyclic) bond motifs is 3. The zero-order chi connectivity index (χ0) is 18.1. The van der Waals surface area contributed by atoms with Crippen LogP contribution in [0.3, 0.4) is 0 Å². The predicted octanol–water partition coefficient (Wildman–Crippen LogP) is 2.23. The molecule has 1 saturated heterocycles. The second kappa shape index (κ2) is 5.19. The van der Waals surface area contributed by atoms with Crippen LogP contribution in [0, 0.1) is 29.1 Å². The van der Waals surface area contributed by atoms with Gasteiger partial charge >= 0.3 is 0 Å².